The molecular weight excluding hydrogens is 151 g/mol. The van der Waals surface area contributed by atoms with Crippen LogP contribution >= 0.6 is 9.24 Å². The van der Waals surface area contributed by atoms with Crippen molar-refractivity contribution >= 4 is 14.6 Å². The molecule has 1 unspecified atom stereocenters. The van der Waals surface area contributed by atoms with E-state index in [-0.39, 0.29) is 0 Å². The zero-order chi connectivity index (χ0) is 8.27. The lowest BCUT2D eigenvalue weighted by atomic mass is 10.1. The van der Waals surface area contributed by atoms with Crippen LogP contribution in [0, 0.1) is 0 Å². The lowest BCUT2D eigenvalue weighted by Crippen LogP contribution is -1.76. The van der Waals surface area contributed by atoms with Crippen LogP contribution in [0.15, 0.2) is 35.9 Å². The van der Waals surface area contributed by atoms with E-state index in [0.29, 0.717) is 0 Å². The van der Waals surface area contributed by atoms with E-state index in [4.69, 9.17) is 0 Å². The number of benzene rings is 1. The minimum Gasteiger partial charge on any atom is -0.105 e. The Bertz CT molecular complexity index is 255. The predicted molar refractivity (Wildman–Crippen MR) is 54.4 cm³/mol. The Balaban J connectivity index is 3.04. The van der Waals surface area contributed by atoms with Gasteiger partial charge in [0.2, 0.25) is 0 Å². The SMILES string of the molecule is CC(C)=C(P)c1ccccc1. The van der Waals surface area contributed by atoms with Gasteiger partial charge < -0.3 is 0 Å². The van der Waals surface area contributed by atoms with Gasteiger partial charge in [0, 0.05) is 0 Å². The lowest BCUT2D eigenvalue weighted by Gasteiger charge is -2.02. The highest BCUT2D eigenvalue weighted by Crippen LogP contribution is 2.24. The van der Waals surface area contributed by atoms with Gasteiger partial charge in [-0.3, -0.25) is 0 Å². The third kappa shape index (κ3) is 2.17. The molecule has 0 saturated carbocycles. The van der Waals surface area contributed by atoms with E-state index in [1.807, 2.05) is 6.07 Å². The van der Waals surface area contributed by atoms with Gasteiger partial charge in [0.25, 0.3) is 0 Å². The van der Waals surface area contributed by atoms with Crippen LogP contribution in [0.3, 0.4) is 0 Å². The molecular formula is C10H13P. The van der Waals surface area contributed by atoms with Gasteiger partial charge in [0.15, 0.2) is 0 Å². The van der Waals surface area contributed by atoms with Gasteiger partial charge >= 0.3 is 0 Å². The van der Waals surface area contributed by atoms with Gasteiger partial charge in [-0.25, -0.2) is 0 Å². The summed E-state index contributed by atoms with van der Waals surface area (Å²) in [6.07, 6.45) is 0. The summed E-state index contributed by atoms with van der Waals surface area (Å²) in [6.45, 7) is 4.24. The van der Waals surface area contributed by atoms with Gasteiger partial charge in [0.05, 0.1) is 0 Å². The molecule has 0 aromatic heterocycles. The Morgan fingerprint density at radius 1 is 1.09 bits per heavy atom. The van der Waals surface area contributed by atoms with Crippen LogP contribution in [0.2, 0.25) is 0 Å². The van der Waals surface area contributed by atoms with E-state index in [1.165, 1.54) is 16.5 Å². The molecule has 1 heteroatoms. The maximum Gasteiger partial charge on any atom is -0.0186 e. The van der Waals surface area contributed by atoms with Crippen LogP contribution in [0.1, 0.15) is 19.4 Å². The fraction of sp³-hybridized carbons (Fsp3) is 0.200. The van der Waals surface area contributed by atoms with Gasteiger partial charge in [-0.2, -0.15) is 0 Å². The van der Waals surface area contributed by atoms with Gasteiger partial charge in [-0.05, 0) is 24.7 Å². The van der Waals surface area contributed by atoms with Gasteiger partial charge in [-0.15, -0.1) is 9.24 Å². The second-order valence-corrected chi connectivity index (χ2v) is 3.36. The highest BCUT2D eigenvalue weighted by Gasteiger charge is 1.94. The van der Waals surface area contributed by atoms with Crippen molar-refractivity contribution in [3.8, 4) is 0 Å². The smallest absolute Gasteiger partial charge is 0.0186 e. The first-order chi connectivity index (χ1) is 5.22. The lowest BCUT2D eigenvalue weighted by molar-refractivity contribution is 1.41. The fourth-order valence-electron chi connectivity index (χ4n) is 0.906. The molecule has 0 spiro atoms. The summed E-state index contributed by atoms with van der Waals surface area (Å²) in [5.74, 6) is 0. The maximum atomic E-state index is 2.77. The number of hydrogen-bond donors (Lipinski definition) is 0. The van der Waals surface area contributed by atoms with Crippen molar-refractivity contribution in [2.75, 3.05) is 0 Å². The highest BCUT2D eigenvalue weighted by atomic mass is 31.0. The summed E-state index contributed by atoms with van der Waals surface area (Å²) in [7, 11) is 2.77. The molecule has 0 aliphatic heterocycles. The van der Waals surface area contributed by atoms with Crippen LogP contribution in [0.5, 0.6) is 0 Å². The van der Waals surface area contributed by atoms with E-state index < -0.39 is 0 Å². The van der Waals surface area contributed by atoms with Crippen molar-refractivity contribution in [2.24, 2.45) is 0 Å². The zero-order valence-electron chi connectivity index (χ0n) is 6.96. The standard InChI is InChI=1S/C10H13P/c1-8(2)10(11)9-6-4-3-5-7-9/h3-7H,11H2,1-2H3. The molecule has 0 radical (unpaired) electrons. The first-order valence-electron chi connectivity index (χ1n) is 3.70. The second kappa shape index (κ2) is 3.69. The Morgan fingerprint density at radius 3 is 2.09 bits per heavy atom. The summed E-state index contributed by atoms with van der Waals surface area (Å²) in [4.78, 5) is 0. The van der Waals surface area contributed by atoms with E-state index in [1.54, 1.807) is 0 Å². The first-order valence-corrected chi connectivity index (χ1v) is 4.28. The van der Waals surface area contributed by atoms with E-state index in [9.17, 15) is 0 Å². The molecule has 0 nitrogen and oxygen atoms in total. The molecule has 0 aliphatic carbocycles. The van der Waals surface area contributed by atoms with Crippen molar-refractivity contribution in [3.63, 3.8) is 0 Å². The minimum atomic E-state index is 1.29. The average Bonchev–Trinajstić information content (AvgIpc) is 2.05. The Hall–Kier alpha value is -0.610. The largest absolute Gasteiger partial charge is 0.105 e. The first kappa shape index (κ1) is 8.49. The van der Waals surface area contributed by atoms with Gasteiger partial charge in [-0.1, -0.05) is 35.9 Å². The molecule has 1 atom stereocenters. The molecule has 0 aliphatic rings. The predicted octanol–water partition coefficient (Wildman–Crippen LogP) is 3.31. The molecule has 0 fully saturated rings. The summed E-state index contributed by atoms with van der Waals surface area (Å²) in [6, 6.07) is 10.4. The quantitative estimate of drug-likeness (QED) is 0.558. The molecule has 58 valence electrons. The zero-order valence-corrected chi connectivity index (χ0v) is 8.12. The molecule has 1 aromatic rings. The van der Waals surface area contributed by atoms with Crippen molar-refractivity contribution < 1.29 is 0 Å². The van der Waals surface area contributed by atoms with Crippen LogP contribution < -0.4 is 0 Å². The molecule has 0 saturated heterocycles. The maximum absolute atomic E-state index is 2.77. The minimum absolute atomic E-state index is 1.29. The Kier molecular flexibility index (Phi) is 2.84. The normalized spacial score (nSPS) is 9.36. The number of hydrogen-bond acceptors (Lipinski definition) is 0. The van der Waals surface area contributed by atoms with Crippen molar-refractivity contribution in [1.29, 1.82) is 0 Å². The summed E-state index contributed by atoms with van der Waals surface area (Å²) >= 11 is 0. The molecule has 11 heavy (non-hydrogen) atoms. The van der Waals surface area contributed by atoms with Crippen LogP contribution in [-0.2, 0) is 0 Å². The Morgan fingerprint density at radius 2 is 1.64 bits per heavy atom. The topological polar surface area (TPSA) is 0 Å². The molecule has 0 amide bonds. The van der Waals surface area contributed by atoms with Crippen molar-refractivity contribution in [3.05, 3.63) is 41.5 Å². The molecule has 0 heterocycles. The average molecular weight is 164 g/mol. The third-order valence-corrected chi connectivity index (χ3v) is 2.53. The van der Waals surface area contributed by atoms with E-state index >= 15 is 0 Å². The van der Waals surface area contributed by atoms with Crippen LogP contribution in [-0.4, -0.2) is 0 Å². The molecule has 0 bridgehead atoms. The number of rotatable bonds is 1. The van der Waals surface area contributed by atoms with E-state index in [0.717, 1.165) is 0 Å². The number of allylic oxidation sites excluding steroid dienone is 1. The monoisotopic (exact) mass is 164 g/mol. The molecule has 1 rings (SSSR count). The van der Waals surface area contributed by atoms with Crippen LogP contribution in [0.4, 0.5) is 0 Å². The second-order valence-electron chi connectivity index (χ2n) is 2.78. The molecule has 0 N–H and O–H groups in total. The summed E-state index contributed by atoms with van der Waals surface area (Å²) < 4.78 is 0. The fourth-order valence-corrected chi connectivity index (χ4v) is 1.10. The summed E-state index contributed by atoms with van der Waals surface area (Å²) in [5, 5.41) is 1.30. The molecule has 1 aromatic carbocycles. The Labute approximate surface area is 70.5 Å². The van der Waals surface area contributed by atoms with Crippen LogP contribution in [0.25, 0.3) is 5.31 Å². The van der Waals surface area contributed by atoms with E-state index in [2.05, 4.69) is 47.4 Å². The highest BCUT2D eigenvalue weighted by molar-refractivity contribution is 7.31. The van der Waals surface area contributed by atoms with Crippen molar-refractivity contribution in [2.45, 2.75) is 13.8 Å². The summed E-state index contributed by atoms with van der Waals surface area (Å²) in [5.41, 5.74) is 2.64. The van der Waals surface area contributed by atoms with Crippen molar-refractivity contribution in [1.82, 2.24) is 0 Å². The van der Waals surface area contributed by atoms with Gasteiger partial charge in [0.1, 0.15) is 0 Å². The third-order valence-electron chi connectivity index (χ3n) is 1.62.